The Hall–Kier alpha value is -1.04. The van der Waals surface area contributed by atoms with Crippen molar-refractivity contribution < 1.29 is 0 Å². The van der Waals surface area contributed by atoms with E-state index in [0.717, 1.165) is 11.8 Å². The Balaban J connectivity index is 2.08. The van der Waals surface area contributed by atoms with E-state index in [9.17, 15) is 0 Å². The average Bonchev–Trinajstić information content (AvgIpc) is 2.06. The summed E-state index contributed by atoms with van der Waals surface area (Å²) >= 11 is 0. The van der Waals surface area contributed by atoms with Crippen molar-refractivity contribution >= 4 is 0 Å². The zero-order valence-electron chi connectivity index (χ0n) is 7.85. The van der Waals surface area contributed by atoms with Crippen molar-refractivity contribution in [2.24, 2.45) is 23.7 Å². The van der Waals surface area contributed by atoms with Crippen molar-refractivity contribution in [3.05, 3.63) is 48.1 Å². The van der Waals surface area contributed by atoms with Crippen LogP contribution in [-0.2, 0) is 0 Å². The van der Waals surface area contributed by atoms with E-state index < -0.39 is 0 Å². The molecule has 0 aromatic carbocycles. The lowest BCUT2D eigenvalue weighted by atomic mass is 9.60. The second kappa shape index (κ2) is 2.47. The zero-order chi connectivity index (χ0) is 8.84. The standard InChI is InChI=1S/C13H14/c1-9-8-12-10-4-2-3-5-11(7-6-10)13(9)12/h2-8,10-13H,1H3/b4-2+,5-3?/t10-,11-,12-,13-/m1/s1. The number of rotatable bonds is 0. The zero-order valence-corrected chi connectivity index (χ0v) is 7.85. The largest absolute Gasteiger partial charge is 0.0806 e. The molecule has 4 atom stereocenters. The Morgan fingerprint density at radius 1 is 0.923 bits per heavy atom. The van der Waals surface area contributed by atoms with Crippen LogP contribution in [0, 0.1) is 23.7 Å². The predicted molar refractivity (Wildman–Crippen MR) is 55.1 cm³/mol. The molecule has 0 fully saturated rings. The molecule has 0 aliphatic heterocycles. The Bertz CT molecular complexity index is 341. The SMILES string of the molecule is CC1=C[C@H]2[C@H]1[C@@H]1C=C/C=C/[C@@H]2C=C1. The molecule has 13 heavy (non-hydrogen) atoms. The van der Waals surface area contributed by atoms with Gasteiger partial charge in [-0.3, -0.25) is 0 Å². The quantitative estimate of drug-likeness (QED) is 0.490. The summed E-state index contributed by atoms with van der Waals surface area (Å²) in [7, 11) is 0. The molecule has 3 aliphatic rings. The van der Waals surface area contributed by atoms with Gasteiger partial charge in [-0.2, -0.15) is 0 Å². The molecule has 3 aliphatic carbocycles. The molecule has 0 unspecified atom stereocenters. The molecule has 0 nitrogen and oxygen atoms in total. The van der Waals surface area contributed by atoms with E-state index >= 15 is 0 Å². The first-order valence-corrected chi connectivity index (χ1v) is 5.08. The van der Waals surface area contributed by atoms with Gasteiger partial charge >= 0.3 is 0 Å². The fraction of sp³-hybridized carbons (Fsp3) is 0.385. The molecule has 2 bridgehead atoms. The van der Waals surface area contributed by atoms with Gasteiger partial charge in [-0.1, -0.05) is 48.1 Å². The minimum absolute atomic E-state index is 0.662. The number of hydrogen-bond acceptors (Lipinski definition) is 0. The fourth-order valence-corrected chi connectivity index (χ4v) is 2.88. The predicted octanol–water partition coefficient (Wildman–Crippen LogP) is 3.11. The van der Waals surface area contributed by atoms with E-state index in [0.29, 0.717) is 11.8 Å². The van der Waals surface area contributed by atoms with E-state index in [1.54, 1.807) is 5.57 Å². The molecule has 0 aromatic heterocycles. The lowest BCUT2D eigenvalue weighted by Crippen LogP contribution is -2.36. The van der Waals surface area contributed by atoms with Gasteiger partial charge in [0.15, 0.2) is 0 Å². The summed E-state index contributed by atoms with van der Waals surface area (Å²) in [6.45, 7) is 2.27. The van der Waals surface area contributed by atoms with E-state index in [2.05, 4.69) is 49.5 Å². The summed E-state index contributed by atoms with van der Waals surface area (Å²) in [6.07, 6.45) is 16.2. The molecule has 0 radical (unpaired) electrons. The molecule has 3 rings (SSSR count). The Labute approximate surface area is 79.3 Å². The van der Waals surface area contributed by atoms with Gasteiger partial charge in [0.1, 0.15) is 0 Å². The minimum atomic E-state index is 0.662. The van der Waals surface area contributed by atoms with Crippen LogP contribution in [0.2, 0.25) is 0 Å². The molecule has 0 aromatic rings. The van der Waals surface area contributed by atoms with Crippen LogP contribution in [0.15, 0.2) is 48.1 Å². The van der Waals surface area contributed by atoms with Crippen molar-refractivity contribution in [3.63, 3.8) is 0 Å². The van der Waals surface area contributed by atoms with Gasteiger partial charge in [0.2, 0.25) is 0 Å². The lowest BCUT2D eigenvalue weighted by Gasteiger charge is -2.44. The lowest BCUT2D eigenvalue weighted by molar-refractivity contribution is 0.289. The Morgan fingerprint density at radius 3 is 2.38 bits per heavy atom. The highest BCUT2D eigenvalue weighted by molar-refractivity contribution is 5.35. The molecule has 0 amide bonds. The maximum atomic E-state index is 2.44. The van der Waals surface area contributed by atoms with Crippen molar-refractivity contribution in [2.45, 2.75) is 6.92 Å². The first-order valence-electron chi connectivity index (χ1n) is 5.08. The van der Waals surface area contributed by atoms with E-state index in [1.807, 2.05) is 0 Å². The summed E-state index contributed by atoms with van der Waals surface area (Å²) in [5.74, 6) is 2.92. The normalized spacial score (nSPS) is 47.3. The first-order chi connectivity index (χ1) is 6.36. The van der Waals surface area contributed by atoms with Crippen LogP contribution in [0.1, 0.15) is 6.92 Å². The van der Waals surface area contributed by atoms with Crippen LogP contribution < -0.4 is 0 Å². The molecule has 0 heterocycles. The van der Waals surface area contributed by atoms with Crippen LogP contribution in [-0.4, -0.2) is 0 Å². The van der Waals surface area contributed by atoms with E-state index in [-0.39, 0.29) is 0 Å². The van der Waals surface area contributed by atoms with Gasteiger partial charge in [0.05, 0.1) is 0 Å². The van der Waals surface area contributed by atoms with Crippen LogP contribution in [0.5, 0.6) is 0 Å². The smallest absolute Gasteiger partial charge is 0.00213 e. The van der Waals surface area contributed by atoms with Crippen LogP contribution in [0.4, 0.5) is 0 Å². The van der Waals surface area contributed by atoms with Gasteiger partial charge in [0, 0.05) is 11.8 Å². The van der Waals surface area contributed by atoms with E-state index in [4.69, 9.17) is 0 Å². The molecule has 0 spiro atoms. The average molecular weight is 170 g/mol. The van der Waals surface area contributed by atoms with E-state index in [1.165, 1.54) is 0 Å². The molecule has 66 valence electrons. The second-order valence-corrected chi connectivity index (χ2v) is 4.32. The highest BCUT2D eigenvalue weighted by Crippen LogP contribution is 2.48. The molecule has 0 N–H and O–H groups in total. The summed E-state index contributed by atoms with van der Waals surface area (Å²) in [6, 6.07) is 0. The van der Waals surface area contributed by atoms with Gasteiger partial charge in [-0.15, -0.1) is 0 Å². The number of allylic oxidation sites excluding steroid dienone is 8. The maximum Gasteiger partial charge on any atom is 0.00213 e. The van der Waals surface area contributed by atoms with Gasteiger partial charge in [-0.25, -0.2) is 0 Å². The second-order valence-electron chi connectivity index (χ2n) is 4.32. The molecule has 0 saturated carbocycles. The van der Waals surface area contributed by atoms with Crippen molar-refractivity contribution in [1.29, 1.82) is 0 Å². The third-order valence-electron chi connectivity index (χ3n) is 3.59. The fourth-order valence-electron chi connectivity index (χ4n) is 2.88. The monoisotopic (exact) mass is 170 g/mol. The maximum absolute atomic E-state index is 2.44. The summed E-state index contributed by atoms with van der Waals surface area (Å²) in [5, 5.41) is 0. The highest BCUT2D eigenvalue weighted by atomic mass is 14.4. The Kier molecular flexibility index (Phi) is 1.40. The topological polar surface area (TPSA) is 0 Å². The van der Waals surface area contributed by atoms with Crippen LogP contribution in [0.25, 0.3) is 0 Å². The highest BCUT2D eigenvalue weighted by Gasteiger charge is 2.40. The summed E-state index contributed by atoms with van der Waals surface area (Å²) in [5.41, 5.74) is 1.59. The first kappa shape index (κ1) is 7.37. The van der Waals surface area contributed by atoms with Gasteiger partial charge < -0.3 is 0 Å². The minimum Gasteiger partial charge on any atom is -0.0806 e. The van der Waals surface area contributed by atoms with Crippen LogP contribution in [0.3, 0.4) is 0 Å². The summed E-state index contributed by atoms with van der Waals surface area (Å²) < 4.78 is 0. The van der Waals surface area contributed by atoms with Crippen molar-refractivity contribution in [1.82, 2.24) is 0 Å². The third kappa shape index (κ3) is 0.918. The molecular weight excluding hydrogens is 156 g/mol. The van der Waals surface area contributed by atoms with Crippen molar-refractivity contribution in [3.8, 4) is 0 Å². The molecule has 0 saturated heterocycles. The van der Waals surface area contributed by atoms with Crippen molar-refractivity contribution in [2.75, 3.05) is 0 Å². The van der Waals surface area contributed by atoms with Crippen LogP contribution >= 0.6 is 0 Å². The third-order valence-corrected chi connectivity index (χ3v) is 3.59. The molecule has 0 heteroatoms. The number of hydrogen-bond donors (Lipinski definition) is 0. The summed E-state index contributed by atoms with van der Waals surface area (Å²) in [4.78, 5) is 0. The molecular formula is C13H14. The Morgan fingerprint density at radius 2 is 1.62 bits per heavy atom. The van der Waals surface area contributed by atoms with Gasteiger partial charge in [-0.05, 0) is 18.8 Å². The van der Waals surface area contributed by atoms with Gasteiger partial charge in [0.25, 0.3) is 0 Å².